The molecule has 1 aromatic carbocycles. The molecule has 0 saturated carbocycles. The molecule has 19 heavy (non-hydrogen) atoms. The van der Waals surface area contributed by atoms with Crippen molar-refractivity contribution in [2.45, 2.75) is 19.3 Å². The highest BCUT2D eigenvalue weighted by Crippen LogP contribution is 2.37. The van der Waals surface area contributed by atoms with Gasteiger partial charge in [0.15, 0.2) is 0 Å². The smallest absolute Gasteiger partial charge is 0.262 e. The fraction of sp³-hybridized carbons (Fsp3) is 0.250. The van der Waals surface area contributed by atoms with Gasteiger partial charge in [0.2, 0.25) is 0 Å². The van der Waals surface area contributed by atoms with Crippen molar-refractivity contribution < 1.29 is 26.3 Å². The molecule has 1 aromatic rings. The Labute approximate surface area is 105 Å². The minimum absolute atomic E-state index is 0.0619. The van der Waals surface area contributed by atoms with Gasteiger partial charge >= 0.3 is 12.4 Å². The first-order valence-electron chi connectivity index (χ1n) is 5.03. The van der Waals surface area contributed by atoms with Gasteiger partial charge in [0.05, 0.1) is 16.8 Å². The Bertz CT molecular complexity index is 478. The van der Waals surface area contributed by atoms with E-state index < -0.39 is 23.5 Å². The molecule has 0 N–H and O–H groups in total. The van der Waals surface area contributed by atoms with Crippen LogP contribution >= 0.6 is 0 Å². The predicted octanol–water partition coefficient (Wildman–Crippen LogP) is 4.79. The largest absolute Gasteiger partial charge is 0.416 e. The van der Waals surface area contributed by atoms with Gasteiger partial charge in [-0.25, -0.2) is 0 Å². The van der Waals surface area contributed by atoms with Crippen LogP contribution in [0, 0.1) is 0 Å². The van der Waals surface area contributed by atoms with Crippen LogP contribution < -0.4 is 0 Å². The summed E-state index contributed by atoms with van der Waals surface area (Å²) in [6.45, 7) is 4.80. The van der Waals surface area contributed by atoms with E-state index in [0.29, 0.717) is 12.1 Å². The van der Waals surface area contributed by atoms with Crippen LogP contribution in [0.1, 0.15) is 23.6 Å². The molecule has 0 bridgehead atoms. The Morgan fingerprint density at radius 3 is 1.74 bits per heavy atom. The van der Waals surface area contributed by atoms with Crippen LogP contribution in [0.5, 0.6) is 0 Å². The Morgan fingerprint density at radius 1 is 1.00 bits per heavy atom. The Hall–Kier alpha value is -1.79. The van der Waals surface area contributed by atoms with E-state index in [1.807, 2.05) is 0 Å². The zero-order valence-electron chi connectivity index (χ0n) is 9.73. The first-order valence-corrected chi connectivity index (χ1v) is 5.03. The average molecular weight is 281 g/mol. The fourth-order valence-corrected chi connectivity index (χ4v) is 1.35. The van der Waals surface area contributed by atoms with Gasteiger partial charge in [0.1, 0.15) is 0 Å². The molecule has 0 aromatic heterocycles. The van der Waals surface area contributed by atoms with Gasteiger partial charge in [-0.2, -0.15) is 26.3 Å². The molecule has 0 aliphatic rings. The highest BCUT2D eigenvalue weighted by atomic mass is 19.4. The van der Waals surface area contributed by atoms with Crippen LogP contribution in [-0.2, 0) is 12.4 Å². The monoisotopic (exact) mass is 281 g/mol. The third-order valence-electron chi connectivity index (χ3n) is 2.21. The van der Waals surface area contributed by atoms with Crippen LogP contribution in [0.25, 0.3) is 5.70 Å². The summed E-state index contributed by atoms with van der Waals surface area (Å²) in [7, 11) is 0. The molecule has 7 heteroatoms. The molecule has 1 nitrogen and oxygen atoms in total. The van der Waals surface area contributed by atoms with Gasteiger partial charge in [-0.1, -0.05) is 6.58 Å². The maximum absolute atomic E-state index is 12.5. The number of aliphatic imine (C=N–C) groups is 1. The highest BCUT2D eigenvalue weighted by molar-refractivity contribution is 5.72. The lowest BCUT2D eigenvalue weighted by Gasteiger charge is -2.14. The highest BCUT2D eigenvalue weighted by Gasteiger charge is 2.37. The number of nitrogens with zero attached hydrogens (tertiary/aromatic N) is 1. The standard InChI is InChI=1S/C12H9F6N/c1-3-19-7(2)8-4-9(11(13,14)15)6-10(5-8)12(16,17)18/h3-6H,2H2,1H3. The first-order chi connectivity index (χ1) is 8.55. The van der Waals surface area contributed by atoms with Crippen LogP contribution in [-0.4, -0.2) is 6.21 Å². The second-order valence-electron chi connectivity index (χ2n) is 3.63. The SMILES string of the molecule is C=C(N=CC)c1cc(C(F)(F)F)cc(C(F)(F)F)c1. The van der Waals surface area contributed by atoms with Gasteiger partial charge in [0.25, 0.3) is 0 Å². The molecule has 104 valence electrons. The maximum atomic E-state index is 12.5. The van der Waals surface area contributed by atoms with Crippen LogP contribution in [0.4, 0.5) is 26.3 Å². The van der Waals surface area contributed by atoms with Crippen molar-refractivity contribution in [2.75, 3.05) is 0 Å². The van der Waals surface area contributed by atoms with Gasteiger partial charge in [-0.3, -0.25) is 4.99 Å². The van der Waals surface area contributed by atoms with Crippen molar-refractivity contribution in [1.29, 1.82) is 0 Å². The van der Waals surface area contributed by atoms with E-state index in [-0.39, 0.29) is 17.3 Å². The maximum Gasteiger partial charge on any atom is 0.416 e. The molecule has 0 saturated heterocycles. The van der Waals surface area contributed by atoms with Crippen LogP contribution in [0.3, 0.4) is 0 Å². The third kappa shape index (κ3) is 3.84. The van der Waals surface area contributed by atoms with Crippen LogP contribution in [0.15, 0.2) is 29.8 Å². The van der Waals surface area contributed by atoms with Crippen molar-refractivity contribution in [2.24, 2.45) is 4.99 Å². The molecule has 0 atom stereocenters. The Morgan fingerprint density at radius 2 is 1.42 bits per heavy atom. The average Bonchev–Trinajstić information content (AvgIpc) is 2.26. The number of rotatable bonds is 2. The first kappa shape index (κ1) is 15.3. The van der Waals surface area contributed by atoms with Gasteiger partial charge in [0, 0.05) is 11.8 Å². The number of halogens is 6. The summed E-state index contributed by atoms with van der Waals surface area (Å²) in [5.74, 6) is 0. The lowest BCUT2D eigenvalue weighted by molar-refractivity contribution is -0.143. The van der Waals surface area contributed by atoms with E-state index in [9.17, 15) is 26.3 Å². The van der Waals surface area contributed by atoms with Gasteiger partial charge in [-0.05, 0) is 25.1 Å². The van der Waals surface area contributed by atoms with Crippen LogP contribution in [0.2, 0.25) is 0 Å². The molecule has 0 unspecified atom stereocenters. The van der Waals surface area contributed by atoms with E-state index in [1.54, 1.807) is 0 Å². The van der Waals surface area contributed by atoms with E-state index in [1.165, 1.54) is 13.1 Å². The van der Waals surface area contributed by atoms with Crippen molar-refractivity contribution in [3.05, 3.63) is 41.5 Å². The lowest BCUT2D eigenvalue weighted by Crippen LogP contribution is -2.11. The molecule has 0 spiro atoms. The lowest BCUT2D eigenvalue weighted by atomic mass is 10.0. The van der Waals surface area contributed by atoms with Gasteiger partial charge < -0.3 is 0 Å². The molecular formula is C12H9F6N. The minimum atomic E-state index is -4.87. The summed E-state index contributed by atoms with van der Waals surface area (Å²) >= 11 is 0. The summed E-state index contributed by atoms with van der Waals surface area (Å²) in [6, 6.07) is 1.24. The second-order valence-corrected chi connectivity index (χ2v) is 3.63. The number of hydrogen-bond acceptors (Lipinski definition) is 1. The van der Waals surface area contributed by atoms with Crippen molar-refractivity contribution in [3.8, 4) is 0 Å². The topological polar surface area (TPSA) is 12.4 Å². The summed E-state index contributed by atoms with van der Waals surface area (Å²) in [5, 5.41) is 0. The van der Waals surface area contributed by atoms with E-state index in [2.05, 4.69) is 11.6 Å². The summed E-state index contributed by atoms with van der Waals surface area (Å²) in [6.07, 6.45) is -8.51. The molecule has 0 fully saturated rings. The summed E-state index contributed by atoms with van der Waals surface area (Å²) in [5.41, 5.74) is -3.26. The van der Waals surface area contributed by atoms with E-state index in [4.69, 9.17) is 0 Å². The molecule has 0 amide bonds. The number of hydrogen-bond donors (Lipinski definition) is 0. The Kier molecular flexibility index (Phi) is 4.07. The molecular weight excluding hydrogens is 272 g/mol. The number of alkyl halides is 6. The zero-order chi connectivity index (χ0) is 14.8. The third-order valence-corrected chi connectivity index (χ3v) is 2.21. The number of benzene rings is 1. The van der Waals surface area contributed by atoms with Crippen molar-refractivity contribution >= 4 is 11.9 Å². The predicted molar refractivity (Wildman–Crippen MR) is 59.6 cm³/mol. The van der Waals surface area contributed by atoms with E-state index in [0.717, 1.165) is 0 Å². The summed E-state index contributed by atoms with van der Waals surface area (Å²) in [4.78, 5) is 3.59. The molecule has 0 aliphatic carbocycles. The summed E-state index contributed by atoms with van der Waals surface area (Å²) < 4.78 is 75.3. The normalized spacial score (nSPS) is 13.0. The fourth-order valence-electron chi connectivity index (χ4n) is 1.35. The van der Waals surface area contributed by atoms with Gasteiger partial charge in [-0.15, -0.1) is 0 Å². The minimum Gasteiger partial charge on any atom is -0.262 e. The van der Waals surface area contributed by atoms with E-state index >= 15 is 0 Å². The quantitative estimate of drug-likeness (QED) is 0.546. The molecule has 0 heterocycles. The molecule has 1 rings (SSSR count). The van der Waals surface area contributed by atoms with Crippen molar-refractivity contribution in [1.82, 2.24) is 0 Å². The molecule has 0 aliphatic heterocycles. The van der Waals surface area contributed by atoms with Crippen molar-refractivity contribution in [3.63, 3.8) is 0 Å². The molecule has 0 radical (unpaired) electrons. The second kappa shape index (κ2) is 5.07. The Balaban J connectivity index is 3.45. The zero-order valence-corrected chi connectivity index (χ0v) is 9.73.